The van der Waals surface area contributed by atoms with Crippen molar-refractivity contribution in [2.45, 2.75) is 19.4 Å². The van der Waals surface area contributed by atoms with Gasteiger partial charge in [-0.2, -0.15) is 0 Å². The molecule has 12 heavy (non-hydrogen) atoms. The largest absolute Gasteiger partial charge is 0.386 e. The van der Waals surface area contributed by atoms with Gasteiger partial charge < -0.3 is 5.11 Å². The highest BCUT2D eigenvalue weighted by Crippen LogP contribution is 2.22. The van der Waals surface area contributed by atoms with E-state index in [-0.39, 0.29) is 0 Å². The third kappa shape index (κ3) is 1.84. The fourth-order valence-electron chi connectivity index (χ4n) is 0.944. The Morgan fingerprint density at radius 3 is 2.08 bits per heavy atom. The van der Waals surface area contributed by atoms with Crippen molar-refractivity contribution in [3.63, 3.8) is 0 Å². The quantitative estimate of drug-likeness (QED) is 0.629. The predicted octanol–water partition coefficient (Wildman–Crippen LogP) is 2.46. The van der Waals surface area contributed by atoms with Crippen molar-refractivity contribution in [3.05, 3.63) is 41.2 Å². The first-order valence-corrected chi connectivity index (χ1v) is 3.74. The monoisotopic (exact) mass is 161 g/mol. The van der Waals surface area contributed by atoms with Crippen LogP contribution in [0.3, 0.4) is 0 Å². The smallest absolute Gasteiger partial charge is 0.187 e. The highest BCUT2D eigenvalue weighted by Gasteiger charge is 2.14. The van der Waals surface area contributed by atoms with Gasteiger partial charge in [0, 0.05) is 0 Å². The molecule has 62 valence electrons. The van der Waals surface area contributed by atoms with Gasteiger partial charge in [-0.25, -0.2) is 4.85 Å². The Hall–Kier alpha value is -1.33. The topological polar surface area (TPSA) is 24.6 Å². The van der Waals surface area contributed by atoms with Gasteiger partial charge in [0.1, 0.15) is 0 Å². The lowest BCUT2D eigenvalue weighted by Crippen LogP contribution is -2.14. The van der Waals surface area contributed by atoms with Gasteiger partial charge in [-0.15, -0.1) is 0 Å². The standard InChI is InChI=1S/C10H11NO/c1-10(2,12)8-4-6-9(11-3)7-5-8/h4-7,12H,1-2H3. The molecule has 0 amide bonds. The summed E-state index contributed by atoms with van der Waals surface area (Å²) in [6.45, 7) is 10.2. The Bertz CT molecular complexity index is 300. The minimum atomic E-state index is -0.819. The van der Waals surface area contributed by atoms with Crippen molar-refractivity contribution in [2.75, 3.05) is 0 Å². The number of rotatable bonds is 1. The number of nitrogens with zero attached hydrogens (tertiary/aromatic N) is 1. The Morgan fingerprint density at radius 1 is 1.25 bits per heavy atom. The molecular formula is C10H11NO. The van der Waals surface area contributed by atoms with E-state index in [1.54, 1.807) is 38.1 Å². The van der Waals surface area contributed by atoms with E-state index in [2.05, 4.69) is 4.85 Å². The van der Waals surface area contributed by atoms with Crippen molar-refractivity contribution in [2.24, 2.45) is 0 Å². The summed E-state index contributed by atoms with van der Waals surface area (Å²) in [4.78, 5) is 3.26. The van der Waals surface area contributed by atoms with Gasteiger partial charge >= 0.3 is 0 Å². The molecule has 0 bridgehead atoms. The molecule has 0 heterocycles. The molecule has 0 spiro atoms. The number of aliphatic hydroxyl groups is 1. The van der Waals surface area contributed by atoms with Gasteiger partial charge in [0.05, 0.1) is 12.2 Å². The van der Waals surface area contributed by atoms with E-state index in [0.29, 0.717) is 5.69 Å². The van der Waals surface area contributed by atoms with Crippen LogP contribution in [0, 0.1) is 6.57 Å². The normalized spacial score (nSPS) is 10.8. The van der Waals surface area contributed by atoms with Gasteiger partial charge in [-0.3, -0.25) is 0 Å². The summed E-state index contributed by atoms with van der Waals surface area (Å²) in [5.74, 6) is 0. The molecule has 1 rings (SSSR count). The molecule has 0 unspecified atom stereocenters. The summed E-state index contributed by atoms with van der Waals surface area (Å²) in [5.41, 5.74) is 0.610. The first-order valence-electron chi connectivity index (χ1n) is 3.74. The Labute approximate surface area is 72.3 Å². The average molecular weight is 161 g/mol. The lowest BCUT2D eigenvalue weighted by atomic mass is 9.98. The van der Waals surface area contributed by atoms with E-state index in [9.17, 15) is 5.11 Å². The van der Waals surface area contributed by atoms with Crippen LogP contribution in [-0.2, 0) is 5.60 Å². The fourth-order valence-corrected chi connectivity index (χ4v) is 0.944. The molecule has 0 atom stereocenters. The van der Waals surface area contributed by atoms with Gasteiger partial charge in [-0.1, -0.05) is 24.3 Å². The van der Waals surface area contributed by atoms with E-state index < -0.39 is 5.60 Å². The van der Waals surface area contributed by atoms with Gasteiger partial charge in [0.15, 0.2) is 5.69 Å². The average Bonchev–Trinajstić information content (AvgIpc) is 2.03. The number of hydrogen-bond acceptors (Lipinski definition) is 1. The van der Waals surface area contributed by atoms with Crippen LogP contribution in [-0.4, -0.2) is 5.11 Å². The molecule has 0 aromatic heterocycles. The molecule has 0 aliphatic heterocycles. The zero-order valence-corrected chi connectivity index (χ0v) is 7.20. The van der Waals surface area contributed by atoms with E-state index in [0.717, 1.165) is 5.56 Å². The summed E-state index contributed by atoms with van der Waals surface area (Å²) in [5, 5.41) is 9.58. The van der Waals surface area contributed by atoms with Crippen LogP contribution in [0.2, 0.25) is 0 Å². The highest BCUT2D eigenvalue weighted by atomic mass is 16.3. The molecular weight excluding hydrogens is 150 g/mol. The second kappa shape index (κ2) is 2.96. The molecule has 2 heteroatoms. The van der Waals surface area contributed by atoms with E-state index in [1.807, 2.05) is 0 Å². The summed E-state index contributed by atoms with van der Waals surface area (Å²) < 4.78 is 0. The summed E-state index contributed by atoms with van der Waals surface area (Å²) >= 11 is 0. The molecule has 0 radical (unpaired) electrons. The number of hydrogen-bond donors (Lipinski definition) is 1. The van der Waals surface area contributed by atoms with Crippen molar-refractivity contribution in [1.29, 1.82) is 0 Å². The number of benzene rings is 1. The maximum atomic E-state index is 9.58. The molecule has 0 saturated carbocycles. The Morgan fingerprint density at radius 2 is 1.75 bits per heavy atom. The van der Waals surface area contributed by atoms with E-state index >= 15 is 0 Å². The third-order valence-electron chi connectivity index (χ3n) is 1.70. The van der Waals surface area contributed by atoms with Crippen LogP contribution in [0.1, 0.15) is 19.4 Å². The molecule has 0 aliphatic rings. The molecule has 2 nitrogen and oxygen atoms in total. The minimum Gasteiger partial charge on any atom is -0.386 e. The van der Waals surface area contributed by atoms with Crippen molar-refractivity contribution >= 4 is 5.69 Å². The van der Waals surface area contributed by atoms with Crippen LogP contribution in [0.4, 0.5) is 5.69 Å². The molecule has 1 N–H and O–H groups in total. The van der Waals surface area contributed by atoms with Crippen molar-refractivity contribution in [3.8, 4) is 0 Å². The summed E-state index contributed by atoms with van der Waals surface area (Å²) in [6, 6.07) is 6.96. The van der Waals surface area contributed by atoms with Crippen molar-refractivity contribution in [1.82, 2.24) is 0 Å². The zero-order chi connectivity index (χ0) is 9.19. The first-order chi connectivity index (χ1) is 5.54. The zero-order valence-electron chi connectivity index (χ0n) is 7.20. The summed E-state index contributed by atoms with van der Waals surface area (Å²) in [6.07, 6.45) is 0. The minimum absolute atomic E-state index is 0.600. The van der Waals surface area contributed by atoms with Gasteiger partial charge in [0.2, 0.25) is 0 Å². The Kier molecular flexibility index (Phi) is 2.16. The second-order valence-corrected chi connectivity index (χ2v) is 3.22. The molecule has 1 aromatic rings. The second-order valence-electron chi connectivity index (χ2n) is 3.22. The fraction of sp³-hybridized carbons (Fsp3) is 0.300. The molecule has 0 saturated heterocycles. The highest BCUT2D eigenvalue weighted by molar-refractivity contribution is 5.46. The molecule has 0 aliphatic carbocycles. The van der Waals surface area contributed by atoms with Crippen LogP contribution in [0.15, 0.2) is 24.3 Å². The van der Waals surface area contributed by atoms with Gasteiger partial charge in [-0.05, 0) is 19.4 Å². The van der Waals surface area contributed by atoms with Crippen molar-refractivity contribution < 1.29 is 5.11 Å². The van der Waals surface area contributed by atoms with E-state index in [4.69, 9.17) is 6.57 Å². The van der Waals surface area contributed by atoms with Crippen LogP contribution < -0.4 is 0 Å². The van der Waals surface area contributed by atoms with Gasteiger partial charge in [0.25, 0.3) is 0 Å². The lowest BCUT2D eigenvalue weighted by Gasteiger charge is -2.17. The SMILES string of the molecule is [C-]#[N+]c1ccc(C(C)(C)O)cc1. The maximum Gasteiger partial charge on any atom is 0.187 e. The first kappa shape index (κ1) is 8.76. The van der Waals surface area contributed by atoms with Crippen LogP contribution in [0.5, 0.6) is 0 Å². The predicted molar refractivity (Wildman–Crippen MR) is 47.9 cm³/mol. The molecule has 0 fully saturated rings. The lowest BCUT2D eigenvalue weighted by molar-refractivity contribution is 0.0786. The Balaban J connectivity index is 3.02. The molecule has 1 aromatic carbocycles. The van der Waals surface area contributed by atoms with E-state index in [1.165, 1.54) is 0 Å². The van der Waals surface area contributed by atoms with Crippen LogP contribution in [0.25, 0.3) is 4.85 Å². The third-order valence-corrected chi connectivity index (χ3v) is 1.70. The maximum absolute atomic E-state index is 9.58. The van der Waals surface area contributed by atoms with Crippen LogP contribution >= 0.6 is 0 Å². The summed E-state index contributed by atoms with van der Waals surface area (Å²) in [7, 11) is 0.